The molecule has 1 fully saturated rings. The van der Waals surface area contributed by atoms with Crippen LogP contribution in [0.4, 0.5) is 5.95 Å². The Hall–Kier alpha value is -2.43. The average molecular weight is 581 g/mol. The molecule has 2 aromatic rings. The lowest BCUT2D eigenvalue weighted by molar-refractivity contribution is -0.118. The third-order valence-electron chi connectivity index (χ3n) is 6.34. The fourth-order valence-corrected chi connectivity index (χ4v) is 6.33. The lowest BCUT2D eigenvalue weighted by Gasteiger charge is -2.39. The predicted molar refractivity (Wildman–Crippen MR) is 151 cm³/mol. The van der Waals surface area contributed by atoms with E-state index >= 15 is 0 Å². The van der Waals surface area contributed by atoms with Gasteiger partial charge in [0.2, 0.25) is 11.9 Å². The largest absolute Gasteiger partial charge is 0.394 e. The lowest BCUT2D eigenvalue weighted by atomic mass is 10.1. The van der Waals surface area contributed by atoms with E-state index in [1.807, 2.05) is 6.92 Å². The Bertz CT molecular complexity index is 1230. The van der Waals surface area contributed by atoms with Crippen LogP contribution in [0.15, 0.2) is 11.1 Å². The zero-order valence-corrected chi connectivity index (χ0v) is 25.2. The number of nitrogens with one attached hydrogen (secondary N) is 2. The number of fused-ring (bicyclic) bond motifs is 1. The number of H-pyrrole nitrogens is 1. The summed E-state index contributed by atoms with van der Waals surface area (Å²) in [6, 6.07) is 0.174. The summed E-state index contributed by atoms with van der Waals surface area (Å²) in [6.45, 7) is 13.2. The third-order valence-corrected chi connectivity index (χ3v) is 8.61. The number of aromatic nitrogens is 4. The molecule has 0 aliphatic carbocycles. The maximum Gasteiger partial charge on any atom is 0.280 e. The number of aliphatic hydroxyl groups excluding tert-OH is 1. The molecule has 1 saturated heterocycles. The molecule has 40 heavy (non-hydrogen) atoms. The summed E-state index contributed by atoms with van der Waals surface area (Å²) in [6.07, 6.45) is 3.95. The van der Waals surface area contributed by atoms with Gasteiger partial charge in [0.25, 0.3) is 14.1 Å². The second-order valence-electron chi connectivity index (χ2n) is 10.5. The van der Waals surface area contributed by atoms with Crippen LogP contribution in [-0.2, 0) is 23.3 Å². The van der Waals surface area contributed by atoms with Crippen molar-refractivity contribution >= 4 is 31.5 Å². The molecule has 14 heteroatoms. The number of amides is 1. The summed E-state index contributed by atoms with van der Waals surface area (Å²) < 4.78 is 28.7. The number of ether oxygens (including phenoxy) is 2. The number of nitrogens with zero attached hydrogens (tertiary/aromatic N) is 4. The summed E-state index contributed by atoms with van der Waals surface area (Å²) >= 11 is 0. The zero-order chi connectivity index (χ0) is 29.7. The van der Waals surface area contributed by atoms with Gasteiger partial charge in [-0.25, -0.2) is 9.65 Å². The van der Waals surface area contributed by atoms with Crippen molar-refractivity contribution < 1.29 is 28.4 Å². The van der Waals surface area contributed by atoms with Gasteiger partial charge in [0.1, 0.15) is 18.3 Å². The van der Waals surface area contributed by atoms with Crippen LogP contribution < -0.4 is 10.9 Å². The molecule has 3 N–H and O–H groups in total. The summed E-state index contributed by atoms with van der Waals surface area (Å²) in [5.41, 5.74) is -0.282. The molecular formula is C26H41N6O7P. The van der Waals surface area contributed by atoms with Gasteiger partial charge in [-0.3, -0.25) is 24.5 Å². The molecule has 3 heterocycles. The smallest absolute Gasteiger partial charge is 0.280 e. The van der Waals surface area contributed by atoms with Crippen molar-refractivity contribution in [2.75, 3.05) is 19.0 Å². The van der Waals surface area contributed by atoms with Gasteiger partial charge < -0.3 is 23.6 Å². The predicted octanol–water partition coefficient (Wildman–Crippen LogP) is 2.78. The number of carbonyl (C=O) groups is 1. The summed E-state index contributed by atoms with van der Waals surface area (Å²) in [5.74, 6) is 1.99. The molecule has 222 valence electrons. The van der Waals surface area contributed by atoms with Crippen molar-refractivity contribution in [3.05, 3.63) is 16.7 Å². The van der Waals surface area contributed by atoms with Crippen molar-refractivity contribution in [3.8, 4) is 12.3 Å². The van der Waals surface area contributed by atoms with Gasteiger partial charge in [0.15, 0.2) is 17.4 Å². The van der Waals surface area contributed by atoms with Crippen LogP contribution in [0.3, 0.4) is 0 Å². The first kappa shape index (κ1) is 32.1. The van der Waals surface area contributed by atoms with E-state index in [0.29, 0.717) is 6.42 Å². The van der Waals surface area contributed by atoms with Gasteiger partial charge in [0.05, 0.1) is 19.0 Å². The Morgan fingerprint density at radius 3 is 2.50 bits per heavy atom. The topological polar surface area (TPSA) is 153 Å². The molecule has 0 bridgehead atoms. The van der Waals surface area contributed by atoms with Gasteiger partial charge >= 0.3 is 0 Å². The zero-order valence-electron chi connectivity index (χ0n) is 24.3. The van der Waals surface area contributed by atoms with Crippen LogP contribution in [-0.4, -0.2) is 85.4 Å². The highest BCUT2D eigenvalue weighted by Crippen LogP contribution is 2.51. The van der Waals surface area contributed by atoms with Crippen LogP contribution in [0.25, 0.3) is 11.2 Å². The number of aliphatic hydroxyl groups is 1. The van der Waals surface area contributed by atoms with Gasteiger partial charge in [-0.05, 0) is 34.6 Å². The molecule has 1 aliphatic heterocycles. The first-order valence-electron chi connectivity index (χ1n) is 13.4. The molecule has 2 aromatic heterocycles. The molecule has 0 aromatic carbocycles. The monoisotopic (exact) mass is 580 g/mol. The average Bonchev–Trinajstić information content (AvgIpc) is 3.44. The van der Waals surface area contributed by atoms with Crippen molar-refractivity contribution in [1.29, 1.82) is 0 Å². The number of aromatic amines is 1. The molecule has 0 saturated carbocycles. The second-order valence-corrected chi connectivity index (χ2v) is 11.9. The highest BCUT2D eigenvalue weighted by molar-refractivity contribution is 7.44. The Morgan fingerprint density at radius 1 is 1.27 bits per heavy atom. The van der Waals surface area contributed by atoms with Gasteiger partial charge in [0, 0.05) is 31.5 Å². The number of imidazole rings is 1. The van der Waals surface area contributed by atoms with E-state index in [1.54, 1.807) is 18.4 Å². The number of rotatable bonds is 13. The van der Waals surface area contributed by atoms with Crippen LogP contribution in [0, 0.1) is 18.3 Å². The number of hydrogen-bond acceptors (Lipinski definition) is 10. The summed E-state index contributed by atoms with van der Waals surface area (Å²) in [7, 11) is -0.132. The number of carbonyl (C=O) groups excluding carboxylic acids is 1. The first-order valence-corrected chi connectivity index (χ1v) is 14.5. The molecule has 1 aliphatic rings. The fraction of sp³-hybridized carbons (Fsp3) is 0.692. The lowest BCUT2D eigenvalue weighted by Crippen LogP contribution is -2.40. The SMILES string of the molecule is C#CCC(C)OP(OC1C(CO)OC(n2cnc3c(=O)[nH]c(NC(=O)C(C)C)nc32)C1OC)N(C(C)C)C(C)C. The Kier molecular flexibility index (Phi) is 11.2. The van der Waals surface area contributed by atoms with Crippen LogP contribution in [0.5, 0.6) is 0 Å². The maximum absolute atomic E-state index is 12.7. The van der Waals surface area contributed by atoms with Crippen molar-refractivity contribution in [1.82, 2.24) is 24.2 Å². The molecule has 3 rings (SSSR count). The van der Waals surface area contributed by atoms with E-state index in [0.717, 1.165) is 0 Å². The minimum atomic E-state index is -1.64. The Morgan fingerprint density at radius 2 is 1.95 bits per heavy atom. The second kappa shape index (κ2) is 14.0. The normalized spacial score (nSPS) is 22.9. The van der Waals surface area contributed by atoms with Crippen LogP contribution >= 0.6 is 8.53 Å². The van der Waals surface area contributed by atoms with Crippen LogP contribution in [0.1, 0.15) is 61.1 Å². The molecule has 0 radical (unpaired) electrons. The number of methoxy groups -OCH3 is 1. The maximum atomic E-state index is 12.7. The minimum absolute atomic E-state index is 0.0136. The minimum Gasteiger partial charge on any atom is -0.394 e. The number of hydrogen-bond donors (Lipinski definition) is 3. The quantitative estimate of drug-likeness (QED) is 0.238. The van der Waals surface area contributed by atoms with E-state index in [2.05, 4.69) is 58.6 Å². The number of terminal acetylenes is 1. The van der Waals surface area contributed by atoms with Gasteiger partial charge in [-0.15, -0.1) is 12.3 Å². The van der Waals surface area contributed by atoms with Crippen molar-refractivity contribution in [2.24, 2.45) is 5.92 Å². The molecule has 0 spiro atoms. The highest BCUT2D eigenvalue weighted by Gasteiger charge is 2.49. The third kappa shape index (κ3) is 7.06. The molecule has 13 nitrogen and oxygen atoms in total. The summed E-state index contributed by atoms with van der Waals surface area (Å²) in [4.78, 5) is 36.1. The van der Waals surface area contributed by atoms with E-state index in [4.69, 9.17) is 24.9 Å². The van der Waals surface area contributed by atoms with Crippen molar-refractivity contribution in [2.45, 2.75) is 97.6 Å². The standard InChI is InChI=1S/C26H41N6O7P/c1-10-11-17(8)38-40(32(15(4)5)16(6)7)39-20-18(12-33)37-25(21(20)36-9)31-13-27-19-22(31)28-26(30-24(19)35)29-23(34)14(2)3/h1,13-18,20-21,25,33H,11-12H2,2-9H3,(H2,28,29,30,34,35). The molecule has 1 amide bonds. The Labute approximate surface area is 235 Å². The summed E-state index contributed by atoms with van der Waals surface area (Å²) in [5, 5.41) is 12.9. The highest BCUT2D eigenvalue weighted by atomic mass is 31.2. The molecule has 6 unspecified atom stereocenters. The van der Waals surface area contributed by atoms with E-state index in [1.165, 1.54) is 13.4 Å². The first-order chi connectivity index (χ1) is 18.9. The van der Waals surface area contributed by atoms with Crippen molar-refractivity contribution in [3.63, 3.8) is 0 Å². The van der Waals surface area contributed by atoms with Crippen LogP contribution in [0.2, 0.25) is 0 Å². The van der Waals surface area contributed by atoms with Gasteiger partial charge in [-0.2, -0.15) is 4.98 Å². The van der Waals surface area contributed by atoms with Gasteiger partial charge in [-0.1, -0.05) is 13.8 Å². The molecular weight excluding hydrogens is 539 g/mol. The number of anilines is 1. The van der Waals surface area contributed by atoms with E-state index in [-0.39, 0.29) is 53.7 Å². The molecule has 6 atom stereocenters. The van der Waals surface area contributed by atoms with E-state index in [9.17, 15) is 14.7 Å². The Balaban J connectivity index is 2.00. The fourth-order valence-electron chi connectivity index (χ4n) is 4.46. The van der Waals surface area contributed by atoms with E-state index < -0.39 is 38.6 Å².